The standard InChI is InChI=1S/C15H14Cl2N2O2S/c1-9-5-12(13(21-2)6-11(9)17)19-14(20)8-22-15-4-3-10(16)7-18-15/h3-7H,8H2,1-2H3,(H,19,20). The fourth-order valence-corrected chi connectivity index (χ4v) is 2.61. The maximum absolute atomic E-state index is 12.0. The van der Waals surface area contributed by atoms with Crippen molar-refractivity contribution in [1.82, 2.24) is 4.98 Å². The van der Waals surface area contributed by atoms with E-state index in [2.05, 4.69) is 10.3 Å². The zero-order valence-electron chi connectivity index (χ0n) is 12.0. The van der Waals surface area contributed by atoms with Crippen LogP contribution in [0.2, 0.25) is 10.0 Å². The van der Waals surface area contributed by atoms with Gasteiger partial charge in [-0.15, -0.1) is 0 Å². The van der Waals surface area contributed by atoms with Gasteiger partial charge in [-0.1, -0.05) is 35.0 Å². The Morgan fingerprint density at radius 3 is 2.77 bits per heavy atom. The molecule has 1 aromatic heterocycles. The van der Waals surface area contributed by atoms with E-state index < -0.39 is 0 Å². The Hall–Kier alpha value is -1.43. The number of anilines is 1. The summed E-state index contributed by atoms with van der Waals surface area (Å²) in [5, 5.41) is 4.71. The maximum Gasteiger partial charge on any atom is 0.234 e. The van der Waals surface area contributed by atoms with Crippen molar-refractivity contribution in [1.29, 1.82) is 0 Å². The number of halogens is 2. The highest BCUT2D eigenvalue weighted by molar-refractivity contribution is 7.99. The number of rotatable bonds is 5. The first-order valence-corrected chi connectivity index (χ1v) is 8.12. The van der Waals surface area contributed by atoms with Crippen molar-refractivity contribution in [3.05, 3.63) is 46.1 Å². The number of ether oxygens (including phenoxy) is 1. The summed E-state index contributed by atoms with van der Waals surface area (Å²) in [6.45, 7) is 1.86. The van der Waals surface area contributed by atoms with Crippen molar-refractivity contribution in [3.63, 3.8) is 0 Å². The summed E-state index contributed by atoms with van der Waals surface area (Å²) in [5.74, 6) is 0.611. The van der Waals surface area contributed by atoms with Crippen molar-refractivity contribution in [2.24, 2.45) is 0 Å². The summed E-state index contributed by atoms with van der Waals surface area (Å²) in [4.78, 5) is 16.2. The Balaban J connectivity index is 2.00. The van der Waals surface area contributed by atoms with Crippen LogP contribution < -0.4 is 10.1 Å². The van der Waals surface area contributed by atoms with Crippen LogP contribution in [0.3, 0.4) is 0 Å². The van der Waals surface area contributed by atoms with E-state index in [1.807, 2.05) is 6.92 Å². The van der Waals surface area contributed by atoms with Crippen molar-refractivity contribution in [3.8, 4) is 5.75 Å². The summed E-state index contributed by atoms with van der Waals surface area (Å²) < 4.78 is 5.23. The number of aromatic nitrogens is 1. The lowest BCUT2D eigenvalue weighted by Crippen LogP contribution is -2.15. The van der Waals surface area contributed by atoms with E-state index in [1.54, 1.807) is 30.5 Å². The van der Waals surface area contributed by atoms with Crippen LogP contribution in [-0.2, 0) is 4.79 Å². The molecule has 22 heavy (non-hydrogen) atoms. The second kappa shape index (κ2) is 7.72. The Morgan fingerprint density at radius 2 is 2.14 bits per heavy atom. The van der Waals surface area contributed by atoms with E-state index in [-0.39, 0.29) is 11.7 Å². The molecule has 1 N–H and O–H groups in total. The lowest BCUT2D eigenvalue weighted by Gasteiger charge is -2.12. The molecule has 1 amide bonds. The monoisotopic (exact) mass is 356 g/mol. The van der Waals surface area contributed by atoms with E-state index in [4.69, 9.17) is 27.9 Å². The van der Waals surface area contributed by atoms with E-state index in [1.165, 1.54) is 18.9 Å². The number of carbonyl (C=O) groups is 1. The van der Waals surface area contributed by atoms with Gasteiger partial charge in [0.15, 0.2) is 0 Å². The first kappa shape index (κ1) is 16.9. The lowest BCUT2D eigenvalue weighted by atomic mass is 10.2. The number of thioether (sulfide) groups is 1. The summed E-state index contributed by atoms with van der Waals surface area (Å²) >= 11 is 13.1. The minimum atomic E-state index is -0.151. The normalized spacial score (nSPS) is 10.4. The summed E-state index contributed by atoms with van der Waals surface area (Å²) in [5.41, 5.74) is 1.46. The minimum absolute atomic E-state index is 0.151. The molecule has 2 aromatic rings. The fraction of sp³-hybridized carbons (Fsp3) is 0.200. The molecule has 1 aromatic carbocycles. The molecular formula is C15H14Cl2N2O2S. The molecule has 2 rings (SSSR count). The van der Waals surface area contributed by atoms with Gasteiger partial charge in [-0.2, -0.15) is 0 Å². The van der Waals surface area contributed by atoms with Gasteiger partial charge in [0.1, 0.15) is 5.75 Å². The minimum Gasteiger partial charge on any atom is -0.495 e. The Kier molecular flexibility index (Phi) is 5.94. The zero-order chi connectivity index (χ0) is 16.1. The molecule has 0 saturated carbocycles. The molecule has 0 aliphatic heterocycles. The largest absolute Gasteiger partial charge is 0.495 e. The van der Waals surface area contributed by atoms with Crippen LogP contribution in [-0.4, -0.2) is 23.8 Å². The molecule has 0 aliphatic rings. The molecule has 0 aliphatic carbocycles. The molecule has 0 atom stereocenters. The molecule has 7 heteroatoms. The number of aryl methyl sites for hydroxylation is 1. The Bertz CT molecular complexity index is 678. The second-order valence-electron chi connectivity index (χ2n) is 4.45. The molecule has 116 valence electrons. The van der Waals surface area contributed by atoms with Crippen LogP contribution in [0.5, 0.6) is 5.75 Å². The lowest BCUT2D eigenvalue weighted by molar-refractivity contribution is -0.113. The Labute approximate surface area is 143 Å². The molecule has 0 saturated heterocycles. The van der Waals surface area contributed by atoms with Crippen molar-refractivity contribution in [2.75, 3.05) is 18.2 Å². The van der Waals surface area contributed by atoms with Gasteiger partial charge in [-0.25, -0.2) is 4.98 Å². The van der Waals surface area contributed by atoms with E-state index in [9.17, 15) is 4.79 Å². The predicted molar refractivity (Wildman–Crippen MR) is 91.3 cm³/mol. The van der Waals surface area contributed by atoms with Gasteiger partial charge in [0, 0.05) is 17.3 Å². The van der Waals surface area contributed by atoms with Crippen LogP contribution in [0.1, 0.15) is 5.56 Å². The van der Waals surface area contributed by atoms with Gasteiger partial charge in [0.25, 0.3) is 0 Å². The molecule has 0 spiro atoms. The van der Waals surface area contributed by atoms with Gasteiger partial charge < -0.3 is 10.1 Å². The average molecular weight is 357 g/mol. The number of hydrogen-bond donors (Lipinski definition) is 1. The number of methoxy groups -OCH3 is 1. The van der Waals surface area contributed by atoms with Gasteiger partial charge >= 0.3 is 0 Å². The highest BCUT2D eigenvalue weighted by atomic mass is 35.5. The molecule has 0 radical (unpaired) electrons. The highest BCUT2D eigenvalue weighted by Gasteiger charge is 2.11. The second-order valence-corrected chi connectivity index (χ2v) is 6.29. The van der Waals surface area contributed by atoms with E-state index >= 15 is 0 Å². The van der Waals surface area contributed by atoms with Gasteiger partial charge in [-0.05, 0) is 30.7 Å². The third-order valence-corrected chi connectivity index (χ3v) is 4.38. The number of pyridine rings is 1. The number of nitrogens with one attached hydrogen (secondary N) is 1. The Morgan fingerprint density at radius 1 is 1.36 bits per heavy atom. The fourth-order valence-electron chi connectivity index (χ4n) is 1.70. The smallest absolute Gasteiger partial charge is 0.234 e. The van der Waals surface area contributed by atoms with E-state index in [0.717, 1.165) is 10.6 Å². The first-order chi connectivity index (χ1) is 10.5. The maximum atomic E-state index is 12.0. The number of amides is 1. The molecular weight excluding hydrogens is 343 g/mol. The van der Waals surface area contributed by atoms with Crippen LogP contribution >= 0.6 is 35.0 Å². The van der Waals surface area contributed by atoms with Crippen molar-refractivity contribution < 1.29 is 9.53 Å². The number of benzene rings is 1. The van der Waals surface area contributed by atoms with Gasteiger partial charge in [-0.3, -0.25) is 4.79 Å². The SMILES string of the molecule is COc1cc(Cl)c(C)cc1NC(=O)CSc1ccc(Cl)cn1. The van der Waals surface area contributed by atoms with Crippen molar-refractivity contribution in [2.45, 2.75) is 11.9 Å². The van der Waals surface area contributed by atoms with E-state index in [0.29, 0.717) is 21.5 Å². The molecule has 1 heterocycles. The first-order valence-electron chi connectivity index (χ1n) is 6.38. The number of hydrogen-bond acceptors (Lipinski definition) is 4. The summed E-state index contributed by atoms with van der Waals surface area (Å²) in [7, 11) is 1.53. The highest BCUT2D eigenvalue weighted by Crippen LogP contribution is 2.31. The van der Waals surface area contributed by atoms with Gasteiger partial charge in [0.2, 0.25) is 5.91 Å². The average Bonchev–Trinajstić information content (AvgIpc) is 2.50. The van der Waals surface area contributed by atoms with Crippen LogP contribution in [0.4, 0.5) is 5.69 Å². The van der Waals surface area contributed by atoms with Crippen molar-refractivity contribution >= 4 is 46.6 Å². The quantitative estimate of drug-likeness (QED) is 0.804. The van der Waals surface area contributed by atoms with Crippen LogP contribution in [0, 0.1) is 6.92 Å². The zero-order valence-corrected chi connectivity index (χ0v) is 14.4. The topological polar surface area (TPSA) is 51.2 Å². The number of carbonyl (C=O) groups excluding carboxylic acids is 1. The summed E-state index contributed by atoms with van der Waals surface area (Å²) in [6, 6.07) is 6.97. The number of nitrogens with zero attached hydrogens (tertiary/aromatic N) is 1. The van der Waals surface area contributed by atoms with Crippen LogP contribution in [0.15, 0.2) is 35.5 Å². The molecule has 4 nitrogen and oxygen atoms in total. The van der Waals surface area contributed by atoms with Gasteiger partial charge in [0.05, 0.1) is 28.6 Å². The molecule has 0 unspecified atom stereocenters. The predicted octanol–water partition coefficient (Wildman–Crippen LogP) is 4.44. The molecule has 0 bridgehead atoms. The summed E-state index contributed by atoms with van der Waals surface area (Å²) in [6.07, 6.45) is 1.55. The third-order valence-electron chi connectivity index (χ3n) is 2.81. The van der Waals surface area contributed by atoms with Crippen LogP contribution in [0.25, 0.3) is 0 Å². The third kappa shape index (κ3) is 4.53. The molecule has 0 fully saturated rings.